The van der Waals surface area contributed by atoms with E-state index in [0.717, 1.165) is 34.1 Å². The van der Waals surface area contributed by atoms with Gasteiger partial charge in [0.05, 0.1) is 12.8 Å². The van der Waals surface area contributed by atoms with Crippen molar-refractivity contribution in [3.8, 4) is 11.8 Å². The summed E-state index contributed by atoms with van der Waals surface area (Å²) >= 11 is 1.63. The fourth-order valence-corrected chi connectivity index (χ4v) is 3.87. The number of amidine groups is 1. The molecule has 4 heterocycles. The van der Waals surface area contributed by atoms with E-state index in [1.54, 1.807) is 30.8 Å². The highest BCUT2D eigenvalue weighted by Gasteiger charge is 2.28. The molecule has 0 aliphatic carbocycles. The fraction of sp³-hybridized carbons (Fsp3) is 0.227. The minimum absolute atomic E-state index is 0.288. The van der Waals surface area contributed by atoms with Crippen molar-refractivity contribution in [2.45, 2.75) is 6.04 Å². The maximum absolute atomic E-state index is 5.67. The second-order valence-corrected chi connectivity index (χ2v) is 7.71. The van der Waals surface area contributed by atoms with Gasteiger partial charge in [-0.2, -0.15) is 0 Å². The summed E-state index contributed by atoms with van der Waals surface area (Å²) in [5.74, 6) is 8.55. The number of nitrogens with zero attached hydrogens (tertiary/aromatic N) is 4. The quantitative estimate of drug-likeness (QED) is 0.678. The normalized spacial score (nSPS) is 17.2. The molecule has 0 fully saturated rings. The van der Waals surface area contributed by atoms with Crippen molar-refractivity contribution in [3.63, 3.8) is 0 Å². The monoisotopic (exact) mass is 403 g/mol. The van der Waals surface area contributed by atoms with Gasteiger partial charge >= 0.3 is 0 Å². The molecule has 1 aliphatic rings. The molecule has 1 N–H and O–H groups in total. The highest BCUT2D eigenvalue weighted by molar-refractivity contribution is 7.10. The largest absolute Gasteiger partial charge is 0.463 e. The van der Waals surface area contributed by atoms with Gasteiger partial charge in [0.15, 0.2) is 5.76 Å². The van der Waals surface area contributed by atoms with Gasteiger partial charge < -0.3 is 9.73 Å². The summed E-state index contributed by atoms with van der Waals surface area (Å²) in [7, 11) is 5.77. The lowest BCUT2D eigenvalue weighted by Gasteiger charge is -2.13. The Hall–Kier alpha value is -3.21. The van der Waals surface area contributed by atoms with Crippen LogP contribution in [0, 0.1) is 11.8 Å². The van der Waals surface area contributed by atoms with Gasteiger partial charge in [-0.15, -0.1) is 11.3 Å². The van der Waals surface area contributed by atoms with Crippen LogP contribution in [0.1, 0.15) is 27.8 Å². The number of aliphatic imine (C=N–C) groups is 2. The van der Waals surface area contributed by atoms with Gasteiger partial charge in [0, 0.05) is 34.6 Å². The molecular formula is C22H21N5OS. The van der Waals surface area contributed by atoms with E-state index in [4.69, 9.17) is 9.41 Å². The molecule has 0 saturated heterocycles. The minimum atomic E-state index is -0.288. The van der Waals surface area contributed by atoms with Gasteiger partial charge in [0.2, 0.25) is 0 Å². The molecule has 7 heteroatoms. The summed E-state index contributed by atoms with van der Waals surface area (Å²) < 4.78 is 5.67. The Labute approximate surface area is 174 Å². The lowest BCUT2D eigenvalue weighted by molar-refractivity contribution is 0.464. The first-order valence-corrected chi connectivity index (χ1v) is 10.1. The van der Waals surface area contributed by atoms with Gasteiger partial charge in [-0.25, -0.2) is 4.98 Å². The summed E-state index contributed by atoms with van der Waals surface area (Å²) in [6.07, 6.45) is 3.41. The van der Waals surface area contributed by atoms with Crippen LogP contribution in [-0.2, 0) is 0 Å². The number of furan rings is 1. The molecule has 0 saturated carbocycles. The van der Waals surface area contributed by atoms with E-state index in [1.165, 1.54) is 0 Å². The van der Waals surface area contributed by atoms with Gasteiger partial charge in [0.25, 0.3) is 0 Å². The van der Waals surface area contributed by atoms with E-state index in [0.29, 0.717) is 11.6 Å². The zero-order valence-corrected chi connectivity index (χ0v) is 17.3. The number of fused-ring (bicyclic) bond motifs is 1. The van der Waals surface area contributed by atoms with Gasteiger partial charge in [-0.3, -0.25) is 14.9 Å². The lowest BCUT2D eigenvalue weighted by Crippen LogP contribution is -2.19. The molecule has 0 bridgehead atoms. The molecular weight excluding hydrogens is 382 g/mol. The third-order valence-corrected chi connectivity index (χ3v) is 5.32. The van der Waals surface area contributed by atoms with Crippen molar-refractivity contribution in [2.75, 3.05) is 33.0 Å². The highest BCUT2D eigenvalue weighted by atomic mass is 32.1. The molecule has 0 radical (unpaired) electrons. The predicted octanol–water partition coefficient (Wildman–Crippen LogP) is 3.68. The van der Waals surface area contributed by atoms with Crippen LogP contribution in [0.15, 0.2) is 62.6 Å². The molecule has 0 aromatic carbocycles. The smallest absolute Gasteiger partial charge is 0.152 e. The lowest BCUT2D eigenvalue weighted by atomic mass is 10.1. The number of thiophene rings is 1. The van der Waals surface area contributed by atoms with E-state index in [1.807, 2.05) is 43.3 Å². The van der Waals surface area contributed by atoms with Crippen molar-refractivity contribution in [3.05, 3.63) is 69.9 Å². The summed E-state index contributed by atoms with van der Waals surface area (Å²) in [5.41, 5.74) is 2.62. The standard InChI is InChI=1S/C22H21N5OS/c1-23-22-20(18-13-15(14-29-18)7-5-11-27(2)3)25-19(17-9-6-12-28-17)16-8-4-10-24-21(16)26-22/h4,6,8-10,12-14,20H,11H2,1-3H3,(H,23,24,26). The Bertz CT molecular complexity index is 1120. The van der Waals surface area contributed by atoms with E-state index < -0.39 is 0 Å². The maximum Gasteiger partial charge on any atom is 0.152 e. The van der Waals surface area contributed by atoms with E-state index in [-0.39, 0.29) is 6.04 Å². The van der Waals surface area contributed by atoms with Crippen LogP contribution in [0.3, 0.4) is 0 Å². The molecule has 3 aromatic heterocycles. The molecule has 0 amide bonds. The number of aromatic nitrogens is 1. The van der Waals surface area contributed by atoms with Crippen molar-refractivity contribution in [1.82, 2.24) is 9.88 Å². The van der Waals surface area contributed by atoms with Crippen LogP contribution >= 0.6 is 11.3 Å². The maximum atomic E-state index is 5.67. The average molecular weight is 404 g/mol. The third kappa shape index (κ3) is 4.14. The number of anilines is 1. The summed E-state index contributed by atoms with van der Waals surface area (Å²) in [6.45, 7) is 0.722. The zero-order valence-electron chi connectivity index (χ0n) is 16.5. The van der Waals surface area contributed by atoms with Crippen molar-refractivity contribution < 1.29 is 4.42 Å². The summed E-state index contributed by atoms with van der Waals surface area (Å²) in [6, 6.07) is 9.44. The Morgan fingerprint density at radius 1 is 1.31 bits per heavy atom. The summed E-state index contributed by atoms with van der Waals surface area (Å²) in [5, 5.41) is 5.42. The van der Waals surface area contributed by atoms with Crippen LogP contribution < -0.4 is 5.32 Å². The number of rotatable bonds is 3. The molecule has 0 spiro atoms. The first kappa shape index (κ1) is 19.1. The Morgan fingerprint density at radius 2 is 2.21 bits per heavy atom. The van der Waals surface area contributed by atoms with Gasteiger partial charge in [0.1, 0.15) is 23.4 Å². The van der Waals surface area contributed by atoms with Crippen molar-refractivity contribution in [2.24, 2.45) is 9.98 Å². The molecule has 1 atom stereocenters. The molecule has 146 valence electrons. The Morgan fingerprint density at radius 3 is 2.97 bits per heavy atom. The number of hydrogen-bond donors (Lipinski definition) is 1. The molecule has 3 aromatic rings. The molecule has 29 heavy (non-hydrogen) atoms. The van der Waals surface area contributed by atoms with E-state index >= 15 is 0 Å². The van der Waals surface area contributed by atoms with Crippen LogP contribution in [0.5, 0.6) is 0 Å². The highest BCUT2D eigenvalue weighted by Crippen LogP contribution is 2.32. The van der Waals surface area contributed by atoms with Gasteiger partial charge in [-0.05, 0) is 44.4 Å². The van der Waals surface area contributed by atoms with Crippen LogP contribution in [0.25, 0.3) is 0 Å². The number of pyridine rings is 1. The van der Waals surface area contributed by atoms with Crippen LogP contribution in [0.4, 0.5) is 5.82 Å². The third-order valence-electron chi connectivity index (χ3n) is 4.34. The van der Waals surface area contributed by atoms with Gasteiger partial charge in [-0.1, -0.05) is 11.8 Å². The first-order chi connectivity index (χ1) is 14.2. The average Bonchev–Trinajstić information content (AvgIpc) is 3.38. The Kier molecular flexibility index (Phi) is 5.56. The SMILES string of the molecule is CN=C1Nc2ncccc2C(c2ccco2)=NC1c1cc(C#CCN(C)C)cs1. The minimum Gasteiger partial charge on any atom is -0.463 e. The molecule has 1 aliphatic heterocycles. The number of nitrogens with one attached hydrogen (secondary N) is 1. The molecule has 1 unspecified atom stereocenters. The van der Waals surface area contributed by atoms with E-state index in [2.05, 4.69) is 38.6 Å². The predicted molar refractivity (Wildman–Crippen MR) is 118 cm³/mol. The van der Waals surface area contributed by atoms with E-state index in [9.17, 15) is 0 Å². The van der Waals surface area contributed by atoms with Crippen LogP contribution in [0.2, 0.25) is 0 Å². The summed E-state index contributed by atoms with van der Waals surface area (Å²) in [4.78, 5) is 17.1. The zero-order chi connectivity index (χ0) is 20.2. The first-order valence-electron chi connectivity index (χ1n) is 9.18. The second kappa shape index (κ2) is 8.43. The molecule has 6 nitrogen and oxygen atoms in total. The fourth-order valence-electron chi connectivity index (χ4n) is 2.99. The van der Waals surface area contributed by atoms with Crippen molar-refractivity contribution in [1.29, 1.82) is 0 Å². The van der Waals surface area contributed by atoms with Crippen LogP contribution in [-0.4, -0.2) is 49.1 Å². The number of hydrogen-bond acceptors (Lipinski definition) is 6. The second-order valence-electron chi connectivity index (χ2n) is 6.77. The Balaban J connectivity index is 1.77. The topological polar surface area (TPSA) is 66.0 Å². The van der Waals surface area contributed by atoms with Crippen molar-refractivity contribution >= 4 is 28.7 Å². The molecule has 4 rings (SSSR count).